The van der Waals surface area contributed by atoms with Crippen molar-refractivity contribution in [1.29, 1.82) is 0 Å². The van der Waals surface area contributed by atoms with E-state index in [1.165, 1.54) is 6.39 Å². The highest BCUT2D eigenvalue weighted by Gasteiger charge is 2.24. The number of nitrogens with two attached hydrogens (primary N) is 1. The fraction of sp³-hybridized carbons (Fsp3) is 0.625. The molecule has 0 bridgehead atoms. The predicted molar refractivity (Wildman–Crippen MR) is 44.3 cm³/mol. The zero-order valence-electron chi connectivity index (χ0n) is 6.86. The molecule has 0 unspecified atom stereocenters. The van der Waals surface area contributed by atoms with Crippen LogP contribution in [0.15, 0.2) is 17.1 Å². The Hall–Kier alpha value is -0.870. The van der Waals surface area contributed by atoms with Crippen molar-refractivity contribution in [2.45, 2.75) is 31.5 Å². The Kier molecular flexibility index (Phi) is 2.10. The Balaban J connectivity index is 1.70. The summed E-state index contributed by atoms with van der Waals surface area (Å²) < 4.78 is 4.84. The summed E-state index contributed by atoms with van der Waals surface area (Å²) in [5.74, 6) is 0. The predicted octanol–water partition coefficient (Wildman–Crippen LogP) is 0.254. The van der Waals surface area contributed by atoms with Gasteiger partial charge in [0.05, 0.1) is 5.69 Å². The number of nitrogens with one attached hydrogen (secondary N) is 1. The lowest BCUT2D eigenvalue weighted by atomic mass is 9.88. The number of oxazole rings is 1. The van der Waals surface area contributed by atoms with Gasteiger partial charge in [0.1, 0.15) is 6.26 Å². The van der Waals surface area contributed by atoms with E-state index in [-0.39, 0.29) is 0 Å². The molecule has 1 aromatic heterocycles. The Morgan fingerprint density at radius 1 is 1.67 bits per heavy atom. The second kappa shape index (κ2) is 3.25. The fourth-order valence-electron chi connectivity index (χ4n) is 1.40. The highest BCUT2D eigenvalue weighted by Crippen LogP contribution is 2.17. The van der Waals surface area contributed by atoms with Crippen LogP contribution in [0.3, 0.4) is 0 Å². The van der Waals surface area contributed by atoms with E-state index in [0.29, 0.717) is 12.1 Å². The normalized spacial score (nSPS) is 28.4. The summed E-state index contributed by atoms with van der Waals surface area (Å²) in [5.41, 5.74) is 6.60. The maximum absolute atomic E-state index is 5.64. The van der Waals surface area contributed by atoms with Gasteiger partial charge in [-0.05, 0) is 12.8 Å². The third-order valence-corrected chi connectivity index (χ3v) is 2.23. The number of hydrogen-bond acceptors (Lipinski definition) is 4. The summed E-state index contributed by atoms with van der Waals surface area (Å²) in [6.45, 7) is 0.786. The molecule has 0 aliphatic heterocycles. The molecule has 0 aromatic carbocycles. The minimum absolute atomic E-state index is 0.403. The van der Waals surface area contributed by atoms with Gasteiger partial charge in [-0.1, -0.05) is 0 Å². The topological polar surface area (TPSA) is 64.1 Å². The molecule has 1 aromatic rings. The average Bonchev–Trinajstić information content (AvgIpc) is 2.47. The Morgan fingerprint density at radius 2 is 2.50 bits per heavy atom. The summed E-state index contributed by atoms with van der Waals surface area (Å²) >= 11 is 0. The lowest BCUT2D eigenvalue weighted by molar-refractivity contribution is 0.290. The SMILES string of the molecule is NC1CC(NCc2cocn2)C1. The zero-order valence-corrected chi connectivity index (χ0v) is 6.86. The van der Waals surface area contributed by atoms with Crippen LogP contribution in [0.5, 0.6) is 0 Å². The van der Waals surface area contributed by atoms with Crippen LogP contribution in [0.1, 0.15) is 18.5 Å². The van der Waals surface area contributed by atoms with Gasteiger partial charge >= 0.3 is 0 Å². The van der Waals surface area contributed by atoms with Crippen LogP contribution < -0.4 is 11.1 Å². The maximum Gasteiger partial charge on any atom is 0.180 e. The Morgan fingerprint density at radius 3 is 3.08 bits per heavy atom. The standard InChI is InChI=1S/C8H13N3O/c9-6-1-7(2-6)10-3-8-4-12-5-11-8/h4-7,10H,1-3,9H2. The van der Waals surface area contributed by atoms with Crippen LogP contribution in [-0.4, -0.2) is 17.1 Å². The minimum Gasteiger partial charge on any atom is -0.451 e. The van der Waals surface area contributed by atoms with Gasteiger partial charge in [-0.3, -0.25) is 0 Å². The van der Waals surface area contributed by atoms with Gasteiger partial charge in [-0.15, -0.1) is 0 Å². The third kappa shape index (κ3) is 1.65. The first-order valence-electron chi connectivity index (χ1n) is 4.20. The average molecular weight is 167 g/mol. The lowest BCUT2D eigenvalue weighted by Crippen LogP contribution is -2.48. The molecule has 4 nitrogen and oxygen atoms in total. The van der Waals surface area contributed by atoms with E-state index in [9.17, 15) is 0 Å². The van der Waals surface area contributed by atoms with Crippen molar-refractivity contribution >= 4 is 0 Å². The molecular weight excluding hydrogens is 154 g/mol. The van der Waals surface area contributed by atoms with E-state index in [0.717, 1.165) is 25.1 Å². The minimum atomic E-state index is 0.403. The number of hydrogen-bond donors (Lipinski definition) is 2. The summed E-state index contributed by atoms with van der Waals surface area (Å²) in [4.78, 5) is 4.01. The summed E-state index contributed by atoms with van der Waals surface area (Å²) in [7, 11) is 0. The molecule has 1 aliphatic rings. The molecule has 0 atom stereocenters. The monoisotopic (exact) mass is 167 g/mol. The van der Waals surface area contributed by atoms with Crippen LogP contribution in [0.2, 0.25) is 0 Å². The van der Waals surface area contributed by atoms with Gasteiger partial charge in [0, 0.05) is 18.6 Å². The summed E-state index contributed by atoms with van der Waals surface area (Å²) in [5, 5.41) is 3.35. The highest BCUT2D eigenvalue weighted by molar-refractivity contribution is 4.94. The molecule has 0 amide bonds. The molecule has 0 radical (unpaired) electrons. The number of rotatable bonds is 3. The molecule has 1 fully saturated rings. The van der Waals surface area contributed by atoms with E-state index >= 15 is 0 Å². The maximum atomic E-state index is 5.64. The van der Waals surface area contributed by atoms with Gasteiger partial charge in [0.15, 0.2) is 6.39 Å². The molecule has 4 heteroatoms. The fourth-order valence-corrected chi connectivity index (χ4v) is 1.40. The molecular formula is C8H13N3O. The van der Waals surface area contributed by atoms with E-state index in [1.807, 2.05) is 0 Å². The second-order valence-electron chi connectivity index (χ2n) is 3.29. The van der Waals surface area contributed by atoms with Crippen molar-refractivity contribution in [2.75, 3.05) is 0 Å². The van der Waals surface area contributed by atoms with Gasteiger partial charge in [0.2, 0.25) is 0 Å². The van der Waals surface area contributed by atoms with Crippen LogP contribution in [0.25, 0.3) is 0 Å². The molecule has 66 valence electrons. The van der Waals surface area contributed by atoms with Gasteiger partial charge in [-0.25, -0.2) is 4.98 Å². The van der Waals surface area contributed by atoms with Crippen LogP contribution in [0.4, 0.5) is 0 Å². The molecule has 0 saturated heterocycles. The van der Waals surface area contributed by atoms with E-state index in [2.05, 4.69) is 10.3 Å². The summed E-state index contributed by atoms with van der Waals surface area (Å²) in [6.07, 6.45) is 5.27. The van der Waals surface area contributed by atoms with Crippen molar-refractivity contribution in [3.05, 3.63) is 18.4 Å². The lowest BCUT2D eigenvalue weighted by Gasteiger charge is -2.32. The molecule has 1 saturated carbocycles. The van der Waals surface area contributed by atoms with Gasteiger partial charge in [-0.2, -0.15) is 0 Å². The van der Waals surface area contributed by atoms with E-state index in [1.54, 1.807) is 6.26 Å². The molecule has 2 rings (SSSR count). The number of aromatic nitrogens is 1. The van der Waals surface area contributed by atoms with Crippen molar-refractivity contribution < 1.29 is 4.42 Å². The van der Waals surface area contributed by atoms with E-state index < -0.39 is 0 Å². The summed E-state index contributed by atoms with van der Waals surface area (Å²) in [6, 6.07) is 0.983. The quantitative estimate of drug-likeness (QED) is 0.677. The first kappa shape index (κ1) is 7.76. The molecule has 1 aliphatic carbocycles. The van der Waals surface area contributed by atoms with Crippen LogP contribution in [-0.2, 0) is 6.54 Å². The van der Waals surface area contributed by atoms with Crippen molar-refractivity contribution in [3.8, 4) is 0 Å². The van der Waals surface area contributed by atoms with Crippen LogP contribution >= 0.6 is 0 Å². The zero-order chi connectivity index (χ0) is 8.39. The third-order valence-electron chi connectivity index (χ3n) is 2.23. The first-order valence-corrected chi connectivity index (χ1v) is 4.20. The van der Waals surface area contributed by atoms with E-state index in [4.69, 9.17) is 10.2 Å². The van der Waals surface area contributed by atoms with Gasteiger partial charge in [0.25, 0.3) is 0 Å². The van der Waals surface area contributed by atoms with Crippen LogP contribution in [0, 0.1) is 0 Å². The smallest absolute Gasteiger partial charge is 0.180 e. The number of nitrogens with zero attached hydrogens (tertiary/aromatic N) is 1. The van der Waals surface area contributed by atoms with Crippen molar-refractivity contribution in [1.82, 2.24) is 10.3 Å². The van der Waals surface area contributed by atoms with Gasteiger partial charge < -0.3 is 15.5 Å². The second-order valence-corrected chi connectivity index (χ2v) is 3.29. The largest absolute Gasteiger partial charge is 0.451 e. The van der Waals surface area contributed by atoms with Crippen molar-refractivity contribution in [2.24, 2.45) is 5.73 Å². The molecule has 0 spiro atoms. The Bertz CT molecular complexity index is 228. The highest BCUT2D eigenvalue weighted by atomic mass is 16.3. The first-order chi connectivity index (χ1) is 5.84. The Labute approximate surface area is 71.2 Å². The molecule has 12 heavy (non-hydrogen) atoms. The molecule has 3 N–H and O–H groups in total. The molecule has 1 heterocycles. The van der Waals surface area contributed by atoms with Crippen molar-refractivity contribution in [3.63, 3.8) is 0 Å².